The van der Waals surface area contributed by atoms with Gasteiger partial charge in [0.05, 0.1) is 44.8 Å². The van der Waals surface area contributed by atoms with E-state index in [0.717, 1.165) is 67.4 Å². The highest BCUT2D eigenvalue weighted by molar-refractivity contribution is 6.14. The van der Waals surface area contributed by atoms with E-state index in [9.17, 15) is 0 Å². The van der Waals surface area contributed by atoms with Crippen LogP contribution in [0, 0.1) is 0 Å². The first-order chi connectivity index (χ1) is 27.8. The molecule has 0 saturated heterocycles. The number of hydrogen-bond donors (Lipinski definition) is 0. The average molecular weight is 715 g/mol. The smallest absolute Gasteiger partial charge is 0.0730 e. The molecule has 4 heteroatoms. The Balaban J connectivity index is 1.02. The molecule has 0 saturated carbocycles. The molecule has 56 heavy (non-hydrogen) atoms. The van der Waals surface area contributed by atoms with Crippen LogP contribution in [0.5, 0.6) is 0 Å². The Bertz CT molecular complexity index is 3030. The molecule has 0 aliphatic heterocycles. The molecule has 0 spiro atoms. The first-order valence-electron chi connectivity index (χ1n) is 19.0. The molecule has 0 aliphatic rings. The van der Waals surface area contributed by atoms with Crippen LogP contribution in [0.3, 0.4) is 0 Å². The van der Waals surface area contributed by atoms with Crippen LogP contribution in [0.4, 0.5) is 0 Å². The van der Waals surface area contributed by atoms with E-state index in [0.29, 0.717) is 0 Å². The zero-order valence-electron chi connectivity index (χ0n) is 30.4. The van der Waals surface area contributed by atoms with Gasteiger partial charge in [0.15, 0.2) is 0 Å². The Hall–Kier alpha value is -7.56. The van der Waals surface area contributed by atoms with Crippen LogP contribution in [0.2, 0.25) is 0 Å². The third-order valence-corrected chi connectivity index (χ3v) is 10.9. The van der Waals surface area contributed by atoms with E-state index in [1.807, 2.05) is 0 Å². The number of nitrogens with zero attached hydrogens (tertiary/aromatic N) is 4. The van der Waals surface area contributed by atoms with Crippen LogP contribution in [0.1, 0.15) is 0 Å². The molecule has 4 aromatic heterocycles. The van der Waals surface area contributed by atoms with E-state index < -0.39 is 0 Å². The van der Waals surface area contributed by atoms with E-state index in [4.69, 9.17) is 9.97 Å². The lowest BCUT2D eigenvalue weighted by Gasteiger charge is -2.13. The highest BCUT2D eigenvalue weighted by Crippen LogP contribution is 2.40. The third-order valence-electron chi connectivity index (χ3n) is 10.9. The van der Waals surface area contributed by atoms with Gasteiger partial charge in [-0.1, -0.05) is 140 Å². The summed E-state index contributed by atoms with van der Waals surface area (Å²) in [6.07, 6.45) is 0. The van der Waals surface area contributed by atoms with E-state index in [-0.39, 0.29) is 0 Å². The number of aromatic nitrogens is 4. The van der Waals surface area contributed by atoms with E-state index in [2.05, 4.69) is 215 Å². The Morgan fingerprint density at radius 1 is 0.286 bits per heavy atom. The van der Waals surface area contributed by atoms with Crippen molar-refractivity contribution in [2.45, 2.75) is 0 Å². The SMILES string of the molecule is c1ccc(-n2c3ccccc3c3cccc(-c4cccc(-c5cccc(-c6cccc(-c7cccc8c9ccccc9n(-c9ccccc9)c78)n6)c5)n4)c32)cc1. The Morgan fingerprint density at radius 3 is 1.14 bits per heavy atom. The largest absolute Gasteiger partial charge is 0.309 e. The number of benzene rings is 7. The first kappa shape index (κ1) is 31.9. The summed E-state index contributed by atoms with van der Waals surface area (Å²) >= 11 is 0. The number of rotatable bonds is 6. The average Bonchev–Trinajstić information content (AvgIpc) is 3.81. The monoisotopic (exact) mass is 714 g/mol. The van der Waals surface area contributed by atoms with E-state index in [1.54, 1.807) is 0 Å². The molecule has 0 atom stereocenters. The molecule has 0 unspecified atom stereocenters. The van der Waals surface area contributed by atoms with Crippen LogP contribution in [-0.2, 0) is 0 Å². The van der Waals surface area contributed by atoms with Gasteiger partial charge < -0.3 is 9.13 Å². The van der Waals surface area contributed by atoms with Gasteiger partial charge in [0.1, 0.15) is 0 Å². The second-order valence-electron chi connectivity index (χ2n) is 14.2. The minimum atomic E-state index is 0.914. The van der Waals surface area contributed by atoms with Crippen LogP contribution < -0.4 is 0 Å². The van der Waals surface area contributed by atoms with Crippen LogP contribution in [0.15, 0.2) is 206 Å². The number of pyridine rings is 2. The van der Waals surface area contributed by atoms with Gasteiger partial charge in [-0.05, 0) is 66.7 Å². The minimum absolute atomic E-state index is 0.914. The van der Waals surface area contributed by atoms with Gasteiger partial charge in [-0.25, -0.2) is 9.97 Å². The fourth-order valence-corrected chi connectivity index (χ4v) is 8.47. The maximum absolute atomic E-state index is 5.33. The molecular formula is C52H34N4. The standard InChI is InChI=1S/C52H34N4/c1-3-18-37(19-4-1)55-49-32-9-7-22-39(49)41-24-12-26-43(51(41)55)47-30-14-28-45(53-47)35-16-11-17-36(34-35)46-29-15-31-48(54-46)44-27-13-25-42-40-23-8-10-33-50(40)56(52(42)44)38-20-5-2-6-21-38/h1-34H. The molecule has 4 nitrogen and oxygen atoms in total. The summed E-state index contributed by atoms with van der Waals surface area (Å²) in [5, 5.41) is 4.87. The van der Waals surface area contributed by atoms with Crippen LogP contribution in [0.25, 0.3) is 100 Å². The molecule has 262 valence electrons. The predicted molar refractivity (Wildman–Crippen MR) is 232 cm³/mol. The molecule has 11 aromatic rings. The van der Waals surface area contributed by atoms with Gasteiger partial charge in [0.25, 0.3) is 0 Å². The lowest BCUT2D eigenvalue weighted by atomic mass is 10.0. The summed E-state index contributed by atoms with van der Waals surface area (Å²) in [6.45, 7) is 0. The van der Waals surface area contributed by atoms with Gasteiger partial charge in [-0.15, -0.1) is 0 Å². The maximum atomic E-state index is 5.33. The molecule has 0 radical (unpaired) electrons. The van der Waals surface area contributed by atoms with Crippen LogP contribution in [-0.4, -0.2) is 19.1 Å². The van der Waals surface area contributed by atoms with Crippen molar-refractivity contribution >= 4 is 43.6 Å². The summed E-state index contributed by atoms with van der Waals surface area (Å²) in [7, 11) is 0. The van der Waals surface area contributed by atoms with Crippen molar-refractivity contribution in [2.75, 3.05) is 0 Å². The molecule has 0 amide bonds. The summed E-state index contributed by atoms with van der Waals surface area (Å²) in [5.41, 5.74) is 14.9. The van der Waals surface area contributed by atoms with Crippen molar-refractivity contribution in [3.05, 3.63) is 206 Å². The number of para-hydroxylation sites is 6. The van der Waals surface area contributed by atoms with Gasteiger partial charge in [0.2, 0.25) is 0 Å². The Morgan fingerprint density at radius 2 is 0.661 bits per heavy atom. The zero-order chi connectivity index (χ0) is 37.0. The summed E-state index contributed by atoms with van der Waals surface area (Å²) < 4.78 is 4.74. The van der Waals surface area contributed by atoms with Crippen molar-refractivity contribution in [2.24, 2.45) is 0 Å². The fraction of sp³-hybridized carbons (Fsp3) is 0. The van der Waals surface area contributed by atoms with Gasteiger partial charge in [-0.2, -0.15) is 0 Å². The first-order valence-corrected chi connectivity index (χ1v) is 19.0. The lowest BCUT2D eigenvalue weighted by molar-refractivity contribution is 1.18. The number of hydrogen-bond acceptors (Lipinski definition) is 2. The van der Waals surface area contributed by atoms with Crippen molar-refractivity contribution in [3.63, 3.8) is 0 Å². The van der Waals surface area contributed by atoms with E-state index in [1.165, 1.54) is 32.6 Å². The highest BCUT2D eigenvalue weighted by Gasteiger charge is 2.19. The molecule has 0 N–H and O–H groups in total. The second kappa shape index (κ2) is 13.1. The summed E-state index contributed by atoms with van der Waals surface area (Å²) in [4.78, 5) is 10.7. The van der Waals surface area contributed by atoms with Crippen molar-refractivity contribution in [1.29, 1.82) is 0 Å². The third kappa shape index (κ3) is 5.15. The van der Waals surface area contributed by atoms with Gasteiger partial charge in [0, 0.05) is 55.2 Å². The lowest BCUT2D eigenvalue weighted by Crippen LogP contribution is -1.96. The highest BCUT2D eigenvalue weighted by atomic mass is 15.0. The van der Waals surface area contributed by atoms with Gasteiger partial charge in [-0.3, -0.25) is 0 Å². The molecular weight excluding hydrogens is 681 g/mol. The van der Waals surface area contributed by atoms with Crippen LogP contribution >= 0.6 is 0 Å². The fourth-order valence-electron chi connectivity index (χ4n) is 8.47. The normalized spacial score (nSPS) is 11.6. The summed E-state index contributed by atoms with van der Waals surface area (Å²) in [6, 6.07) is 72.9. The second-order valence-corrected chi connectivity index (χ2v) is 14.2. The number of fused-ring (bicyclic) bond motifs is 6. The molecule has 0 aliphatic carbocycles. The Labute approximate surface area is 324 Å². The van der Waals surface area contributed by atoms with Crippen molar-refractivity contribution < 1.29 is 0 Å². The van der Waals surface area contributed by atoms with Gasteiger partial charge >= 0.3 is 0 Å². The van der Waals surface area contributed by atoms with E-state index >= 15 is 0 Å². The molecule has 0 bridgehead atoms. The van der Waals surface area contributed by atoms with Crippen molar-refractivity contribution in [1.82, 2.24) is 19.1 Å². The quantitative estimate of drug-likeness (QED) is 0.172. The Kier molecular flexibility index (Phi) is 7.46. The topological polar surface area (TPSA) is 35.6 Å². The molecule has 7 aromatic carbocycles. The van der Waals surface area contributed by atoms with Crippen molar-refractivity contribution in [3.8, 4) is 56.4 Å². The summed E-state index contributed by atoms with van der Waals surface area (Å²) in [5.74, 6) is 0. The molecule has 4 heterocycles. The molecule has 0 fully saturated rings. The molecule has 11 rings (SSSR count). The zero-order valence-corrected chi connectivity index (χ0v) is 30.4. The predicted octanol–water partition coefficient (Wildman–Crippen LogP) is 13.3. The minimum Gasteiger partial charge on any atom is -0.309 e. The maximum Gasteiger partial charge on any atom is 0.0730 e.